The van der Waals surface area contributed by atoms with Crippen molar-refractivity contribution in [3.63, 3.8) is 0 Å². The fourth-order valence-corrected chi connectivity index (χ4v) is 2.43. The number of aromatic nitrogens is 2. The maximum atomic E-state index is 13.9. The lowest BCUT2D eigenvalue weighted by atomic mass is 10.1. The molecule has 0 spiro atoms. The Morgan fingerprint density at radius 1 is 1.23 bits per heavy atom. The minimum Gasteiger partial charge on any atom is -0.456 e. The van der Waals surface area contributed by atoms with Crippen LogP contribution in [0.4, 0.5) is 14.6 Å². The van der Waals surface area contributed by atoms with Crippen molar-refractivity contribution in [2.45, 2.75) is 25.9 Å². The SMILES string of the molecule is CC(Oc1ncc(F)c(N=CC2=CCCOCC2)n1)c1ccc(F)cc1. The van der Waals surface area contributed by atoms with Crippen LogP contribution >= 0.6 is 0 Å². The number of hydrogen-bond acceptors (Lipinski definition) is 5. The van der Waals surface area contributed by atoms with Gasteiger partial charge in [-0.25, -0.2) is 18.8 Å². The zero-order valence-corrected chi connectivity index (χ0v) is 14.4. The first-order chi connectivity index (χ1) is 12.6. The molecule has 0 radical (unpaired) electrons. The lowest BCUT2D eigenvalue weighted by Crippen LogP contribution is -2.06. The van der Waals surface area contributed by atoms with Gasteiger partial charge in [0, 0.05) is 6.21 Å². The highest BCUT2D eigenvalue weighted by molar-refractivity contribution is 5.80. The molecule has 1 aromatic carbocycles. The first-order valence-electron chi connectivity index (χ1n) is 8.37. The molecule has 1 aliphatic heterocycles. The van der Waals surface area contributed by atoms with Gasteiger partial charge in [0.2, 0.25) is 0 Å². The summed E-state index contributed by atoms with van der Waals surface area (Å²) in [5, 5.41) is 0. The predicted octanol–water partition coefficient (Wildman–Crippen LogP) is 4.33. The fourth-order valence-electron chi connectivity index (χ4n) is 2.43. The molecule has 1 aromatic heterocycles. The number of aliphatic imine (C=N–C) groups is 1. The molecule has 0 aliphatic carbocycles. The lowest BCUT2D eigenvalue weighted by Gasteiger charge is -2.13. The Bertz CT molecular complexity index is 807. The Morgan fingerprint density at radius 3 is 2.85 bits per heavy atom. The van der Waals surface area contributed by atoms with E-state index < -0.39 is 11.9 Å². The molecular formula is C19H19F2N3O2. The van der Waals surface area contributed by atoms with Gasteiger partial charge < -0.3 is 9.47 Å². The van der Waals surface area contributed by atoms with Crippen LogP contribution in [0.5, 0.6) is 6.01 Å². The highest BCUT2D eigenvalue weighted by Crippen LogP contribution is 2.22. The van der Waals surface area contributed by atoms with E-state index in [4.69, 9.17) is 9.47 Å². The third kappa shape index (κ3) is 4.92. The Hall–Kier alpha value is -2.67. The van der Waals surface area contributed by atoms with E-state index >= 15 is 0 Å². The van der Waals surface area contributed by atoms with E-state index in [2.05, 4.69) is 15.0 Å². The van der Waals surface area contributed by atoms with Crippen LogP contribution in [0.1, 0.15) is 31.4 Å². The van der Waals surface area contributed by atoms with E-state index in [1.165, 1.54) is 12.1 Å². The molecule has 3 rings (SSSR count). The number of rotatable bonds is 5. The van der Waals surface area contributed by atoms with Crippen LogP contribution in [-0.2, 0) is 4.74 Å². The first-order valence-corrected chi connectivity index (χ1v) is 8.37. The largest absolute Gasteiger partial charge is 0.456 e. The van der Waals surface area contributed by atoms with Crippen molar-refractivity contribution in [2.75, 3.05) is 13.2 Å². The minimum absolute atomic E-state index is 0.00792. The van der Waals surface area contributed by atoms with Crippen LogP contribution in [0.15, 0.2) is 47.1 Å². The van der Waals surface area contributed by atoms with Crippen molar-refractivity contribution >= 4 is 12.0 Å². The smallest absolute Gasteiger partial charge is 0.319 e. The van der Waals surface area contributed by atoms with Crippen LogP contribution in [0.2, 0.25) is 0 Å². The predicted molar refractivity (Wildman–Crippen MR) is 93.7 cm³/mol. The summed E-state index contributed by atoms with van der Waals surface area (Å²) in [4.78, 5) is 12.0. The summed E-state index contributed by atoms with van der Waals surface area (Å²) in [5.41, 5.74) is 1.73. The van der Waals surface area contributed by atoms with E-state index in [-0.39, 0.29) is 17.6 Å². The topological polar surface area (TPSA) is 56.6 Å². The summed E-state index contributed by atoms with van der Waals surface area (Å²) in [6, 6.07) is 5.93. The second-order valence-corrected chi connectivity index (χ2v) is 5.82. The zero-order valence-electron chi connectivity index (χ0n) is 14.4. The van der Waals surface area contributed by atoms with Crippen molar-refractivity contribution in [2.24, 2.45) is 4.99 Å². The Labute approximate surface area is 150 Å². The van der Waals surface area contributed by atoms with Gasteiger partial charge in [0.15, 0.2) is 11.6 Å². The van der Waals surface area contributed by atoms with Crippen molar-refractivity contribution in [1.82, 2.24) is 9.97 Å². The molecule has 136 valence electrons. The van der Waals surface area contributed by atoms with Gasteiger partial charge in [0.05, 0.1) is 19.4 Å². The molecule has 0 fully saturated rings. The molecular weight excluding hydrogens is 340 g/mol. The molecule has 0 saturated heterocycles. The van der Waals surface area contributed by atoms with Crippen molar-refractivity contribution in [3.8, 4) is 6.01 Å². The molecule has 5 nitrogen and oxygen atoms in total. The van der Waals surface area contributed by atoms with E-state index in [1.807, 2.05) is 6.08 Å². The highest BCUT2D eigenvalue weighted by Gasteiger charge is 2.12. The van der Waals surface area contributed by atoms with Crippen molar-refractivity contribution < 1.29 is 18.3 Å². The number of halogens is 2. The third-order valence-corrected chi connectivity index (χ3v) is 3.88. The third-order valence-electron chi connectivity index (χ3n) is 3.88. The van der Waals surface area contributed by atoms with Gasteiger partial charge >= 0.3 is 6.01 Å². The van der Waals surface area contributed by atoms with Gasteiger partial charge in [-0.3, -0.25) is 0 Å². The monoisotopic (exact) mass is 359 g/mol. The molecule has 1 unspecified atom stereocenters. The maximum Gasteiger partial charge on any atom is 0.319 e. The summed E-state index contributed by atoms with van der Waals surface area (Å²) < 4.78 is 37.9. The molecule has 1 atom stereocenters. The fraction of sp³-hybridized carbons (Fsp3) is 0.316. The average molecular weight is 359 g/mol. The summed E-state index contributed by atoms with van der Waals surface area (Å²) in [6.07, 6.45) is 5.74. The van der Waals surface area contributed by atoms with Crippen molar-refractivity contribution in [3.05, 3.63) is 59.3 Å². The standard InChI is InChI=1S/C19H19F2N3O2/c1-13(15-4-6-16(20)7-5-15)26-19-23-12-17(21)18(24-19)22-11-14-3-2-9-25-10-8-14/h3-7,11-13H,2,8-10H2,1H3. The quantitative estimate of drug-likeness (QED) is 0.746. The Kier molecular flexibility index (Phi) is 6.01. The van der Waals surface area contributed by atoms with Crippen LogP contribution in [-0.4, -0.2) is 29.4 Å². The lowest BCUT2D eigenvalue weighted by molar-refractivity contribution is 0.147. The molecule has 26 heavy (non-hydrogen) atoms. The molecule has 2 aromatic rings. The van der Waals surface area contributed by atoms with Crippen molar-refractivity contribution in [1.29, 1.82) is 0 Å². The van der Waals surface area contributed by atoms with Crippen LogP contribution < -0.4 is 4.74 Å². The molecule has 7 heteroatoms. The molecule has 0 saturated carbocycles. The second kappa shape index (κ2) is 8.62. The normalized spacial score (nSPS) is 16.2. The molecule has 0 amide bonds. The molecule has 0 N–H and O–H groups in total. The van der Waals surface area contributed by atoms with Crippen LogP contribution in [0, 0.1) is 11.6 Å². The van der Waals surface area contributed by atoms with Crippen LogP contribution in [0.25, 0.3) is 0 Å². The van der Waals surface area contributed by atoms with E-state index in [9.17, 15) is 8.78 Å². The highest BCUT2D eigenvalue weighted by atomic mass is 19.1. The van der Waals surface area contributed by atoms with Crippen LogP contribution in [0.3, 0.4) is 0 Å². The van der Waals surface area contributed by atoms with E-state index in [0.717, 1.165) is 30.2 Å². The second-order valence-electron chi connectivity index (χ2n) is 5.82. The minimum atomic E-state index is -0.631. The summed E-state index contributed by atoms with van der Waals surface area (Å²) in [6.45, 7) is 3.07. The first kappa shape index (κ1) is 18.1. The van der Waals surface area contributed by atoms with E-state index in [0.29, 0.717) is 13.2 Å². The Balaban J connectivity index is 1.72. The number of hydrogen-bond donors (Lipinski definition) is 0. The number of ether oxygens (including phenoxy) is 2. The number of benzene rings is 1. The van der Waals surface area contributed by atoms with Gasteiger partial charge in [-0.15, -0.1) is 0 Å². The van der Waals surface area contributed by atoms with Gasteiger partial charge in [-0.05, 0) is 43.0 Å². The van der Waals surface area contributed by atoms with E-state index in [1.54, 1.807) is 25.3 Å². The van der Waals surface area contributed by atoms with Gasteiger partial charge in [0.1, 0.15) is 11.9 Å². The van der Waals surface area contributed by atoms with Gasteiger partial charge in [-0.2, -0.15) is 4.98 Å². The molecule has 2 heterocycles. The average Bonchev–Trinajstić information content (AvgIpc) is 2.91. The zero-order chi connectivity index (χ0) is 18.4. The molecule has 1 aliphatic rings. The maximum absolute atomic E-state index is 13.9. The summed E-state index contributed by atoms with van der Waals surface area (Å²) in [7, 11) is 0. The van der Waals surface area contributed by atoms with Gasteiger partial charge in [-0.1, -0.05) is 18.2 Å². The summed E-state index contributed by atoms with van der Waals surface area (Å²) in [5.74, 6) is -1.05. The Morgan fingerprint density at radius 2 is 2.04 bits per heavy atom. The number of nitrogens with zero attached hydrogens (tertiary/aromatic N) is 3. The summed E-state index contributed by atoms with van der Waals surface area (Å²) >= 11 is 0. The van der Waals surface area contributed by atoms with Gasteiger partial charge in [0.25, 0.3) is 0 Å². The molecule has 0 bridgehead atoms.